The van der Waals surface area contributed by atoms with Gasteiger partial charge in [0, 0.05) is 18.3 Å². The Bertz CT molecular complexity index is 259. The smallest absolute Gasteiger partial charge is 0.151 e. The third kappa shape index (κ3) is 5.49. The summed E-state index contributed by atoms with van der Waals surface area (Å²) in [5.74, 6) is 0.603. The maximum atomic E-state index is 11.4. The van der Waals surface area contributed by atoms with Crippen LogP contribution in [-0.4, -0.2) is 45.6 Å². The summed E-state index contributed by atoms with van der Waals surface area (Å²) in [4.78, 5) is 0. The Balaban J connectivity index is 2.14. The molecule has 4 nitrogen and oxygen atoms in total. The summed E-state index contributed by atoms with van der Waals surface area (Å²) in [6, 6.07) is 0.503. The molecule has 0 aromatic rings. The summed E-state index contributed by atoms with van der Waals surface area (Å²) in [5.41, 5.74) is 0. The lowest BCUT2D eigenvalue weighted by molar-refractivity contribution is 0.394. The Morgan fingerprint density at radius 3 is 2.53 bits per heavy atom. The molecule has 90 valence electrons. The molecule has 1 aliphatic rings. The zero-order chi connectivity index (χ0) is 11.1. The fourth-order valence-electron chi connectivity index (χ4n) is 1.86. The van der Waals surface area contributed by atoms with Crippen LogP contribution in [0.1, 0.15) is 26.2 Å². The Morgan fingerprint density at radius 1 is 1.27 bits per heavy atom. The van der Waals surface area contributed by atoms with Crippen LogP contribution >= 0.6 is 0 Å². The summed E-state index contributed by atoms with van der Waals surface area (Å²) in [5, 5.41) is 6.60. The van der Waals surface area contributed by atoms with E-state index in [0.29, 0.717) is 18.3 Å². The molecule has 5 heteroatoms. The van der Waals surface area contributed by atoms with Crippen molar-refractivity contribution in [2.24, 2.45) is 0 Å². The topological polar surface area (TPSA) is 58.2 Å². The standard InChI is InChI=1S/C10H22N2O2S/c1-2-8-15(13,14)9-7-12-10-3-5-11-6-4-10/h10-12H,2-9H2,1H3. The minimum atomic E-state index is -2.81. The average Bonchev–Trinajstić information content (AvgIpc) is 2.19. The van der Waals surface area contributed by atoms with Gasteiger partial charge in [-0.1, -0.05) is 6.92 Å². The van der Waals surface area contributed by atoms with E-state index in [0.717, 1.165) is 32.4 Å². The Hall–Kier alpha value is -0.130. The third-order valence-electron chi connectivity index (χ3n) is 2.70. The largest absolute Gasteiger partial charge is 0.317 e. The molecule has 1 aliphatic heterocycles. The Kier molecular flexibility index (Phi) is 5.56. The van der Waals surface area contributed by atoms with E-state index in [1.165, 1.54) is 0 Å². The molecule has 2 N–H and O–H groups in total. The van der Waals surface area contributed by atoms with Gasteiger partial charge in [0.1, 0.15) is 0 Å². The van der Waals surface area contributed by atoms with Gasteiger partial charge >= 0.3 is 0 Å². The fourth-order valence-corrected chi connectivity index (χ4v) is 3.11. The lowest BCUT2D eigenvalue weighted by Crippen LogP contribution is -2.41. The summed E-state index contributed by atoms with van der Waals surface area (Å²) in [6.07, 6.45) is 2.93. The number of rotatable bonds is 6. The molecule has 0 amide bonds. The van der Waals surface area contributed by atoms with Crippen molar-refractivity contribution in [2.75, 3.05) is 31.1 Å². The minimum absolute atomic E-state index is 0.283. The molecule has 0 spiro atoms. The number of piperidine rings is 1. The van der Waals surface area contributed by atoms with Crippen LogP contribution in [0.2, 0.25) is 0 Å². The summed E-state index contributed by atoms with van der Waals surface area (Å²) in [7, 11) is -2.81. The number of hydrogen-bond acceptors (Lipinski definition) is 4. The van der Waals surface area contributed by atoms with Crippen LogP contribution in [-0.2, 0) is 9.84 Å². The summed E-state index contributed by atoms with van der Waals surface area (Å²) >= 11 is 0. The van der Waals surface area contributed by atoms with Gasteiger partial charge in [-0.15, -0.1) is 0 Å². The van der Waals surface area contributed by atoms with Gasteiger partial charge in [-0.3, -0.25) is 0 Å². The SMILES string of the molecule is CCCS(=O)(=O)CCNC1CCNCC1. The molecule has 1 rings (SSSR count). The molecule has 1 heterocycles. The van der Waals surface area contributed by atoms with E-state index in [2.05, 4.69) is 10.6 Å². The zero-order valence-electron chi connectivity index (χ0n) is 9.46. The van der Waals surface area contributed by atoms with Crippen LogP contribution in [0.25, 0.3) is 0 Å². The summed E-state index contributed by atoms with van der Waals surface area (Å²) in [6.45, 7) is 4.59. The second kappa shape index (κ2) is 6.45. The highest BCUT2D eigenvalue weighted by atomic mass is 32.2. The second-order valence-electron chi connectivity index (χ2n) is 4.13. The van der Waals surface area contributed by atoms with Crippen molar-refractivity contribution >= 4 is 9.84 Å². The zero-order valence-corrected chi connectivity index (χ0v) is 10.3. The molecule has 0 saturated carbocycles. The fraction of sp³-hybridized carbons (Fsp3) is 1.00. The van der Waals surface area contributed by atoms with Crippen LogP contribution in [0.4, 0.5) is 0 Å². The van der Waals surface area contributed by atoms with E-state index in [-0.39, 0.29) is 5.75 Å². The molecule has 0 radical (unpaired) electrons. The second-order valence-corrected chi connectivity index (χ2v) is 6.43. The van der Waals surface area contributed by atoms with Crippen molar-refractivity contribution in [1.82, 2.24) is 10.6 Å². The van der Waals surface area contributed by atoms with Crippen LogP contribution < -0.4 is 10.6 Å². The average molecular weight is 234 g/mol. The van der Waals surface area contributed by atoms with Gasteiger partial charge in [-0.2, -0.15) is 0 Å². The first-order chi connectivity index (χ1) is 7.14. The first-order valence-electron chi connectivity index (χ1n) is 5.78. The Morgan fingerprint density at radius 2 is 1.93 bits per heavy atom. The van der Waals surface area contributed by atoms with E-state index in [1.54, 1.807) is 0 Å². The van der Waals surface area contributed by atoms with Gasteiger partial charge < -0.3 is 10.6 Å². The van der Waals surface area contributed by atoms with Crippen LogP contribution in [0.3, 0.4) is 0 Å². The van der Waals surface area contributed by atoms with Crippen LogP contribution in [0.5, 0.6) is 0 Å². The van der Waals surface area contributed by atoms with Crippen molar-refractivity contribution in [3.8, 4) is 0 Å². The van der Waals surface area contributed by atoms with Crippen LogP contribution in [0.15, 0.2) is 0 Å². The van der Waals surface area contributed by atoms with Crippen molar-refractivity contribution in [3.63, 3.8) is 0 Å². The minimum Gasteiger partial charge on any atom is -0.317 e. The van der Waals surface area contributed by atoms with Gasteiger partial charge in [0.2, 0.25) is 0 Å². The van der Waals surface area contributed by atoms with Gasteiger partial charge in [-0.05, 0) is 32.4 Å². The monoisotopic (exact) mass is 234 g/mol. The first kappa shape index (κ1) is 12.9. The predicted octanol–water partition coefficient (Wildman–Crippen LogP) is 0.153. The predicted molar refractivity (Wildman–Crippen MR) is 62.8 cm³/mol. The lowest BCUT2D eigenvalue weighted by Gasteiger charge is -2.23. The summed E-state index contributed by atoms with van der Waals surface area (Å²) < 4.78 is 22.8. The lowest BCUT2D eigenvalue weighted by atomic mass is 10.1. The quantitative estimate of drug-likeness (QED) is 0.687. The van der Waals surface area contributed by atoms with E-state index < -0.39 is 9.84 Å². The molecule has 0 aliphatic carbocycles. The van der Waals surface area contributed by atoms with Gasteiger partial charge in [0.15, 0.2) is 9.84 Å². The number of sulfone groups is 1. The molecule has 0 aromatic carbocycles. The highest BCUT2D eigenvalue weighted by Crippen LogP contribution is 2.01. The van der Waals surface area contributed by atoms with E-state index >= 15 is 0 Å². The van der Waals surface area contributed by atoms with Crippen molar-refractivity contribution in [3.05, 3.63) is 0 Å². The van der Waals surface area contributed by atoms with Gasteiger partial charge in [0.05, 0.1) is 5.75 Å². The molecule has 15 heavy (non-hydrogen) atoms. The maximum Gasteiger partial charge on any atom is 0.151 e. The molecular formula is C10H22N2O2S. The number of nitrogens with one attached hydrogen (secondary N) is 2. The molecular weight excluding hydrogens is 212 g/mol. The Labute approximate surface area is 92.7 Å². The number of hydrogen-bond donors (Lipinski definition) is 2. The molecule has 1 fully saturated rings. The molecule has 1 saturated heterocycles. The highest BCUT2D eigenvalue weighted by molar-refractivity contribution is 7.91. The first-order valence-corrected chi connectivity index (χ1v) is 7.60. The molecule has 0 unspecified atom stereocenters. The molecule has 0 bridgehead atoms. The normalized spacial score (nSPS) is 19.3. The molecule has 0 aromatic heterocycles. The van der Waals surface area contributed by atoms with Crippen molar-refractivity contribution in [2.45, 2.75) is 32.2 Å². The van der Waals surface area contributed by atoms with Gasteiger partial charge in [0.25, 0.3) is 0 Å². The van der Waals surface area contributed by atoms with Crippen molar-refractivity contribution < 1.29 is 8.42 Å². The van der Waals surface area contributed by atoms with Crippen molar-refractivity contribution in [1.29, 1.82) is 0 Å². The highest BCUT2D eigenvalue weighted by Gasteiger charge is 2.14. The van der Waals surface area contributed by atoms with E-state index in [9.17, 15) is 8.42 Å². The third-order valence-corrected chi connectivity index (χ3v) is 4.56. The van der Waals surface area contributed by atoms with E-state index in [1.807, 2.05) is 6.92 Å². The molecule has 0 atom stereocenters. The van der Waals surface area contributed by atoms with Gasteiger partial charge in [-0.25, -0.2) is 8.42 Å². The maximum absolute atomic E-state index is 11.4. The van der Waals surface area contributed by atoms with Crippen LogP contribution in [0, 0.1) is 0 Å². The van der Waals surface area contributed by atoms with E-state index in [4.69, 9.17) is 0 Å².